The van der Waals surface area contributed by atoms with Crippen molar-refractivity contribution in [2.24, 2.45) is 5.41 Å². The number of likely N-dealkylation sites (N-methyl/N-ethyl adjacent to an activating group) is 1. The van der Waals surface area contributed by atoms with Crippen molar-refractivity contribution in [2.75, 3.05) is 13.7 Å². The van der Waals surface area contributed by atoms with Crippen LogP contribution < -0.4 is 5.32 Å². The third kappa shape index (κ3) is 3.83. The standard InChI is InChI=1S/C15H25NO/c1-6-16-13(12-10-8-7-9-11-12)14(17-5)15(2,3)4/h7-11,13-14,16H,6H2,1-5H3. The van der Waals surface area contributed by atoms with Crippen LogP contribution >= 0.6 is 0 Å². The lowest BCUT2D eigenvalue weighted by Crippen LogP contribution is -2.41. The molecule has 1 aromatic carbocycles. The SMILES string of the molecule is CCNC(c1ccccc1)C(OC)C(C)(C)C. The maximum atomic E-state index is 5.72. The van der Waals surface area contributed by atoms with Gasteiger partial charge < -0.3 is 10.1 Å². The molecule has 0 saturated carbocycles. The van der Waals surface area contributed by atoms with E-state index >= 15 is 0 Å². The number of hydrogen-bond acceptors (Lipinski definition) is 2. The highest BCUT2D eigenvalue weighted by Gasteiger charge is 2.32. The minimum absolute atomic E-state index is 0.109. The molecule has 2 unspecified atom stereocenters. The lowest BCUT2D eigenvalue weighted by Gasteiger charge is -2.36. The third-order valence-corrected chi connectivity index (χ3v) is 2.99. The molecule has 1 aromatic rings. The first-order chi connectivity index (χ1) is 8.00. The summed E-state index contributed by atoms with van der Waals surface area (Å²) in [7, 11) is 1.79. The molecule has 0 heterocycles. The quantitative estimate of drug-likeness (QED) is 0.844. The van der Waals surface area contributed by atoms with Crippen LogP contribution in [-0.2, 0) is 4.74 Å². The Labute approximate surface area is 105 Å². The normalized spacial score (nSPS) is 15.6. The van der Waals surface area contributed by atoms with E-state index in [1.165, 1.54) is 5.56 Å². The van der Waals surface area contributed by atoms with Crippen LogP contribution in [0.4, 0.5) is 0 Å². The van der Waals surface area contributed by atoms with Crippen molar-refractivity contribution in [3.8, 4) is 0 Å². The summed E-state index contributed by atoms with van der Waals surface area (Å²) in [5, 5.41) is 3.53. The molecule has 17 heavy (non-hydrogen) atoms. The van der Waals surface area contributed by atoms with Gasteiger partial charge in [0.1, 0.15) is 0 Å². The minimum Gasteiger partial charge on any atom is -0.379 e. The molecule has 0 bridgehead atoms. The third-order valence-electron chi connectivity index (χ3n) is 2.99. The lowest BCUT2D eigenvalue weighted by molar-refractivity contribution is -0.0116. The van der Waals surface area contributed by atoms with E-state index in [0.717, 1.165) is 6.54 Å². The van der Waals surface area contributed by atoms with Gasteiger partial charge in [-0.1, -0.05) is 58.0 Å². The fourth-order valence-corrected chi connectivity index (χ4v) is 2.27. The first-order valence-electron chi connectivity index (χ1n) is 6.31. The second-order valence-electron chi connectivity index (χ2n) is 5.47. The van der Waals surface area contributed by atoms with Crippen molar-refractivity contribution in [1.29, 1.82) is 0 Å². The molecular formula is C15H25NO. The predicted molar refractivity (Wildman–Crippen MR) is 73.1 cm³/mol. The summed E-state index contributed by atoms with van der Waals surface area (Å²) in [4.78, 5) is 0. The van der Waals surface area contributed by atoms with Crippen LogP contribution in [0, 0.1) is 5.41 Å². The number of rotatable bonds is 5. The fourth-order valence-electron chi connectivity index (χ4n) is 2.27. The zero-order valence-corrected chi connectivity index (χ0v) is 11.7. The van der Waals surface area contributed by atoms with Crippen LogP contribution in [0.1, 0.15) is 39.3 Å². The van der Waals surface area contributed by atoms with Crippen molar-refractivity contribution in [3.05, 3.63) is 35.9 Å². The van der Waals surface area contributed by atoms with Gasteiger partial charge in [0.2, 0.25) is 0 Å². The van der Waals surface area contributed by atoms with E-state index in [9.17, 15) is 0 Å². The average Bonchev–Trinajstić information content (AvgIpc) is 2.28. The van der Waals surface area contributed by atoms with Crippen molar-refractivity contribution in [2.45, 2.75) is 39.8 Å². The maximum Gasteiger partial charge on any atom is 0.0814 e. The maximum absolute atomic E-state index is 5.72. The van der Waals surface area contributed by atoms with E-state index in [4.69, 9.17) is 4.74 Å². The van der Waals surface area contributed by atoms with Crippen LogP contribution in [0.3, 0.4) is 0 Å². The number of nitrogens with one attached hydrogen (secondary N) is 1. The molecule has 0 fully saturated rings. The van der Waals surface area contributed by atoms with Gasteiger partial charge in [-0.05, 0) is 17.5 Å². The molecular weight excluding hydrogens is 210 g/mol. The predicted octanol–water partition coefficient (Wildman–Crippen LogP) is 3.40. The Morgan fingerprint density at radius 2 is 1.76 bits per heavy atom. The first kappa shape index (κ1) is 14.2. The summed E-state index contributed by atoms with van der Waals surface area (Å²) in [5.74, 6) is 0. The Hall–Kier alpha value is -0.860. The monoisotopic (exact) mass is 235 g/mol. The molecule has 0 radical (unpaired) electrons. The molecule has 0 aromatic heterocycles. The zero-order valence-electron chi connectivity index (χ0n) is 11.7. The highest BCUT2D eigenvalue weighted by molar-refractivity contribution is 5.21. The Morgan fingerprint density at radius 1 is 1.18 bits per heavy atom. The lowest BCUT2D eigenvalue weighted by atomic mass is 9.82. The molecule has 0 aliphatic rings. The number of hydrogen-bond donors (Lipinski definition) is 1. The molecule has 1 rings (SSSR count). The van der Waals surface area contributed by atoms with Crippen LogP contribution in [0.5, 0.6) is 0 Å². The largest absolute Gasteiger partial charge is 0.379 e. The number of benzene rings is 1. The van der Waals surface area contributed by atoms with Crippen LogP contribution in [0.2, 0.25) is 0 Å². The van der Waals surface area contributed by atoms with Crippen molar-refractivity contribution in [3.63, 3.8) is 0 Å². The van der Waals surface area contributed by atoms with E-state index < -0.39 is 0 Å². The van der Waals surface area contributed by atoms with Crippen molar-refractivity contribution >= 4 is 0 Å². The van der Waals surface area contributed by atoms with Gasteiger partial charge in [-0.15, -0.1) is 0 Å². The molecule has 2 heteroatoms. The number of methoxy groups -OCH3 is 1. The molecule has 1 N–H and O–H groups in total. The van der Waals surface area contributed by atoms with Gasteiger partial charge in [-0.25, -0.2) is 0 Å². The van der Waals surface area contributed by atoms with E-state index in [1.54, 1.807) is 7.11 Å². The van der Waals surface area contributed by atoms with Crippen molar-refractivity contribution in [1.82, 2.24) is 5.32 Å². The van der Waals surface area contributed by atoms with Gasteiger partial charge in [-0.2, -0.15) is 0 Å². The minimum atomic E-state index is 0.109. The number of ether oxygens (including phenoxy) is 1. The summed E-state index contributed by atoms with van der Waals surface area (Å²) in [6.07, 6.45) is 0.157. The first-order valence-corrected chi connectivity index (χ1v) is 6.31. The summed E-state index contributed by atoms with van der Waals surface area (Å²) < 4.78 is 5.72. The summed E-state index contributed by atoms with van der Waals surface area (Å²) in [6.45, 7) is 9.72. The second-order valence-corrected chi connectivity index (χ2v) is 5.47. The van der Waals surface area contributed by atoms with Gasteiger partial charge in [-0.3, -0.25) is 0 Å². The van der Waals surface area contributed by atoms with Crippen LogP contribution in [0.25, 0.3) is 0 Å². The molecule has 96 valence electrons. The fraction of sp³-hybridized carbons (Fsp3) is 0.600. The van der Waals surface area contributed by atoms with Crippen LogP contribution in [-0.4, -0.2) is 19.8 Å². The molecule has 0 aliphatic carbocycles. The van der Waals surface area contributed by atoms with Gasteiger partial charge in [0.15, 0.2) is 0 Å². The zero-order chi connectivity index (χ0) is 12.9. The van der Waals surface area contributed by atoms with Gasteiger partial charge in [0.05, 0.1) is 12.1 Å². The highest BCUT2D eigenvalue weighted by atomic mass is 16.5. The smallest absolute Gasteiger partial charge is 0.0814 e. The van der Waals surface area contributed by atoms with E-state index in [1.807, 2.05) is 6.07 Å². The summed E-state index contributed by atoms with van der Waals surface area (Å²) >= 11 is 0. The van der Waals surface area contributed by atoms with Gasteiger partial charge >= 0.3 is 0 Å². The molecule has 2 atom stereocenters. The molecule has 0 amide bonds. The van der Waals surface area contributed by atoms with Crippen LogP contribution in [0.15, 0.2) is 30.3 Å². The summed E-state index contributed by atoms with van der Waals surface area (Å²) in [5.41, 5.74) is 1.40. The van der Waals surface area contributed by atoms with E-state index in [-0.39, 0.29) is 17.6 Å². The average molecular weight is 235 g/mol. The second kappa shape index (κ2) is 6.18. The highest BCUT2D eigenvalue weighted by Crippen LogP contribution is 2.32. The summed E-state index contributed by atoms with van der Waals surface area (Å²) in [6, 6.07) is 10.8. The van der Waals surface area contributed by atoms with Crippen molar-refractivity contribution < 1.29 is 4.74 Å². The Balaban J connectivity index is 2.99. The van der Waals surface area contributed by atoms with Gasteiger partial charge in [0, 0.05) is 7.11 Å². The van der Waals surface area contributed by atoms with E-state index in [2.05, 4.69) is 57.3 Å². The Morgan fingerprint density at radius 3 is 2.18 bits per heavy atom. The molecule has 0 spiro atoms. The van der Waals surface area contributed by atoms with E-state index in [0.29, 0.717) is 0 Å². The Bertz CT molecular complexity index is 315. The molecule has 0 saturated heterocycles. The topological polar surface area (TPSA) is 21.3 Å². The van der Waals surface area contributed by atoms with Gasteiger partial charge in [0.25, 0.3) is 0 Å². The molecule has 0 aliphatic heterocycles. The Kier molecular flexibility index (Phi) is 5.16. The molecule has 2 nitrogen and oxygen atoms in total.